The highest BCUT2D eigenvalue weighted by Gasteiger charge is 2.15. The van der Waals surface area contributed by atoms with Gasteiger partial charge in [0.2, 0.25) is 0 Å². The molecule has 12 heavy (non-hydrogen) atoms. The van der Waals surface area contributed by atoms with Gasteiger partial charge in [-0.3, -0.25) is 0 Å². The Morgan fingerprint density at radius 2 is 1.83 bits per heavy atom. The molecule has 0 aliphatic heterocycles. The van der Waals surface area contributed by atoms with Gasteiger partial charge in [0.05, 0.1) is 0 Å². The van der Waals surface area contributed by atoms with E-state index in [9.17, 15) is 0 Å². The van der Waals surface area contributed by atoms with E-state index in [1.165, 1.54) is 32.2 Å². The molecule has 0 spiro atoms. The first-order chi connectivity index (χ1) is 5.93. The van der Waals surface area contributed by atoms with Gasteiger partial charge in [-0.25, -0.2) is 0 Å². The van der Waals surface area contributed by atoms with Gasteiger partial charge in [0, 0.05) is 13.1 Å². The van der Waals surface area contributed by atoms with Crippen LogP contribution in [0.1, 0.15) is 32.6 Å². The van der Waals surface area contributed by atoms with Crippen LogP contribution in [0.3, 0.4) is 0 Å². The zero-order chi connectivity index (χ0) is 8.65. The van der Waals surface area contributed by atoms with Crippen molar-refractivity contribution in [3.8, 4) is 0 Å². The van der Waals surface area contributed by atoms with E-state index in [2.05, 4.69) is 17.6 Å². The highest BCUT2D eigenvalue weighted by molar-refractivity contribution is 4.71. The van der Waals surface area contributed by atoms with Gasteiger partial charge >= 0.3 is 0 Å². The molecule has 2 heteroatoms. The third-order valence-electron chi connectivity index (χ3n) is 2.56. The van der Waals surface area contributed by atoms with Crippen LogP contribution in [0.25, 0.3) is 0 Å². The minimum Gasteiger partial charge on any atom is -0.315 e. The van der Waals surface area contributed by atoms with Crippen molar-refractivity contribution in [1.29, 1.82) is 0 Å². The smallest absolute Gasteiger partial charge is 0.00768 e. The van der Waals surface area contributed by atoms with Crippen LogP contribution < -0.4 is 10.6 Å². The molecule has 0 saturated heterocycles. The van der Waals surface area contributed by atoms with Gasteiger partial charge in [0.15, 0.2) is 0 Å². The summed E-state index contributed by atoms with van der Waals surface area (Å²) in [5.74, 6) is 0.996. The maximum Gasteiger partial charge on any atom is 0.00768 e. The van der Waals surface area contributed by atoms with Crippen LogP contribution >= 0.6 is 0 Å². The standard InChI is InChI=1S/C10H22N2/c1-2-6-11-7-8-12-9-10-4-3-5-10/h10-12H,2-9H2,1H3. The van der Waals surface area contributed by atoms with E-state index in [0.717, 1.165) is 25.6 Å². The summed E-state index contributed by atoms with van der Waals surface area (Å²) in [5.41, 5.74) is 0. The topological polar surface area (TPSA) is 24.1 Å². The molecule has 2 N–H and O–H groups in total. The fourth-order valence-corrected chi connectivity index (χ4v) is 1.48. The average Bonchev–Trinajstić information content (AvgIpc) is 2.00. The molecular weight excluding hydrogens is 148 g/mol. The Labute approximate surface area is 76.1 Å². The van der Waals surface area contributed by atoms with Crippen molar-refractivity contribution in [3.63, 3.8) is 0 Å². The third kappa shape index (κ3) is 4.07. The summed E-state index contributed by atoms with van der Waals surface area (Å²) in [7, 11) is 0. The van der Waals surface area contributed by atoms with Crippen molar-refractivity contribution in [3.05, 3.63) is 0 Å². The molecular formula is C10H22N2. The molecule has 0 aromatic rings. The second-order valence-electron chi connectivity index (χ2n) is 3.75. The summed E-state index contributed by atoms with van der Waals surface area (Å²) in [6.07, 6.45) is 5.60. The van der Waals surface area contributed by atoms with Gasteiger partial charge in [-0.05, 0) is 38.3 Å². The van der Waals surface area contributed by atoms with E-state index in [4.69, 9.17) is 0 Å². The molecule has 0 unspecified atom stereocenters. The minimum absolute atomic E-state index is 0.996. The predicted octanol–water partition coefficient (Wildman–Crippen LogP) is 1.38. The third-order valence-corrected chi connectivity index (χ3v) is 2.56. The van der Waals surface area contributed by atoms with E-state index in [0.29, 0.717) is 0 Å². The van der Waals surface area contributed by atoms with Gasteiger partial charge < -0.3 is 10.6 Å². The van der Waals surface area contributed by atoms with Crippen molar-refractivity contribution in [1.82, 2.24) is 10.6 Å². The molecule has 1 saturated carbocycles. The van der Waals surface area contributed by atoms with Crippen molar-refractivity contribution < 1.29 is 0 Å². The minimum atomic E-state index is 0.996. The molecule has 1 aliphatic rings. The number of hydrogen-bond acceptors (Lipinski definition) is 2. The van der Waals surface area contributed by atoms with E-state index in [1.807, 2.05) is 0 Å². The normalized spacial score (nSPS) is 17.8. The second kappa shape index (κ2) is 6.44. The Hall–Kier alpha value is -0.0800. The molecule has 1 fully saturated rings. The molecule has 0 amide bonds. The summed E-state index contributed by atoms with van der Waals surface area (Å²) in [4.78, 5) is 0. The van der Waals surface area contributed by atoms with Crippen LogP contribution in [0.2, 0.25) is 0 Å². The van der Waals surface area contributed by atoms with Crippen LogP contribution in [0, 0.1) is 5.92 Å². The largest absolute Gasteiger partial charge is 0.315 e. The Kier molecular flexibility index (Phi) is 5.37. The van der Waals surface area contributed by atoms with E-state index >= 15 is 0 Å². The molecule has 1 aliphatic carbocycles. The molecule has 0 aromatic carbocycles. The lowest BCUT2D eigenvalue weighted by Crippen LogP contribution is -2.33. The lowest BCUT2D eigenvalue weighted by Gasteiger charge is -2.25. The zero-order valence-corrected chi connectivity index (χ0v) is 8.23. The maximum atomic E-state index is 3.48. The second-order valence-corrected chi connectivity index (χ2v) is 3.75. The van der Waals surface area contributed by atoms with Crippen LogP contribution in [0.15, 0.2) is 0 Å². The lowest BCUT2D eigenvalue weighted by atomic mass is 9.85. The van der Waals surface area contributed by atoms with Crippen LogP contribution in [-0.4, -0.2) is 26.2 Å². The first kappa shape index (κ1) is 10.0. The van der Waals surface area contributed by atoms with E-state index < -0.39 is 0 Å². The Morgan fingerprint density at radius 1 is 1.08 bits per heavy atom. The predicted molar refractivity (Wildman–Crippen MR) is 53.4 cm³/mol. The van der Waals surface area contributed by atoms with E-state index in [1.54, 1.807) is 0 Å². The van der Waals surface area contributed by atoms with Crippen LogP contribution in [0.4, 0.5) is 0 Å². The van der Waals surface area contributed by atoms with Crippen molar-refractivity contribution in [2.75, 3.05) is 26.2 Å². The first-order valence-corrected chi connectivity index (χ1v) is 5.35. The van der Waals surface area contributed by atoms with Gasteiger partial charge in [-0.15, -0.1) is 0 Å². The summed E-state index contributed by atoms with van der Waals surface area (Å²) >= 11 is 0. The Balaban J connectivity index is 1.70. The zero-order valence-electron chi connectivity index (χ0n) is 8.23. The highest BCUT2D eigenvalue weighted by Crippen LogP contribution is 2.24. The molecule has 0 radical (unpaired) electrons. The van der Waals surface area contributed by atoms with Gasteiger partial charge in [-0.1, -0.05) is 13.3 Å². The number of rotatable bonds is 7. The fraction of sp³-hybridized carbons (Fsp3) is 1.00. The number of hydrogen-bond donors (Lipinski definition) is 2. The van der Waals surface area contributed by atoms with Gasteiger partial charge in [-0.2, -0.15) is 0 Å². The molecule has 2 nitrogen and oxygen atoms in total. The number of nitrogens with one attached hydrogen (secondary N) is 2. The van der Waals surface area contributed by atoms with E-state index in [-0.39, 0.29) is 0 Å². The van der Waals surface area contributed by atoms with Gasteiger partial charge in [0.25, 0.3) is 0 Å². The Bertz CT molecular complexity index is 100. The molecule has 72 valence electrons. The van der Waals surface area contributed by atoms with Crippen LogP contribution in [0.5, 0.6) is 0 Å². The molecule has 0 aromatic heterocycles. The molecule has 0 heterocycles. The SMILES string of the molecule is CCCNCCNCC1CCC1. The van der Waals surface area contributed by atoms with Crippen molar-refractivity contribution >= 4 is 0 Å². The van der Waals surface area contributed by atoms with Crippen LogP contribution in [-0.2, 0) is 0 Å². The Morgan fingerprint density at radius 3 is 2.42 bits per heavy atom. The fourth-order valence-electron chi connectivity index (χ4n) is 1.48. The first-order valence-electron chi connectivity index (χ1n) is 5.35. The maximum absolute atomic E-state index is 3.48. The summed E-state index contributed by atoms with van der Waals surface area (Å²) < 4.78 is 0. The van der Waals surface area contributed by atoms with Crippen molar-refractivity contribution in [2.45, 2.75) is 32.6 Å². The summed E-state index contributed by atoms with van der Waals surface area (Å²) in [6, 6.07) is 0. The van der Waals surface area contributed by atoms with Crippen molar-refractivity contribution in [2.24, 2.45) is 5.92 Å². The lowest BCUT2D eigenvalue weighted by molar-refractivity contribution is 0.302. The molecule has 0 atom stereocenters. The summed E-state index contributed by atoms with van der Waals surface area (Å²) in [5, 5.41) is 6.87. The quantitative estimate of drug-likeness (QED) is 0.564. The highest BCUT2D eigenvalue weighted by atomic mass is 14.9. The molecule has 1 rings (SSSR count). The average molecular weight is 170 g/mol. The monoisotopic (exact) mass is 170 g/mol. The van der Waals surface area contributed by atoms with Gasteiger partial charge in [0.1, 0.15) is 0 Å². The summed E-state index contributed by atoms with van der Waals surface area (Å²) in [6.45, 7) is 6.87. The molecule has 0 bridgehead atoms.